The summed E-state index contributed by atoms with van der Waals surface area (Å²) in [5.74, 6) is -1.28. The molecule has 9 heteroatoms. The molecular formula is C10H6ClF3N4S. The Labute approximate surface area is 115 Å². The summed E-state index contributed by atoms with van der Waals surface area (Å²) >= 11 is 10.5. The molecule has 0 fully saturated rings. The molecule has 0 bridgehead atoms. The molecule has 1 aromatic carbocycles. The lowest BCUT2D eigenvalue weighted by Gasteiger charge is -2.01. The summed E-state index contributed by atoms with van der Waals surface area (Å²) in [5, 5.41) is 9.28. The van der Waals surface area contributed by atoms with Crippen molar-refractivity contribution in [3.05, 3.63) is 45.2 Å². The Balaban J connectivity index is 2.44. The molecule has 0 aliphatic carbocycles. The fourth-order valence-electron chi connectivity index (χ4n) is 1.31. The molecule has 0 saturated heterocycles. The molecule has 100 valence electrons. The van der Waals surface area contributed by atoms with Gasteiger partial charge in [0.15, 0.2) is 0 Å². The van der Waals surface area contributed by atoms with Crippen LogP contribution in [0.2, 0.25) is 5.02 Å². The second kappa shape index (κ2) is 5.54. The van der Waals surface area contributed by atoms with E-state index in [1.165, 1.54) is 18.2 Å². The fraction of sp³-hybridized carbons (Fsp3) is 0.100. The van der Waals surface area contributed by atoms with Gasteiger partial charge in [0.1, 0.15) is 5.82 Å². The fourth-order valence-corrected chi connectivity index (χ4v) is 1.70. The largest absolute Gasteiger partial charge is 0.299 e. The van der Waals surface area contributed by atoms with Crippen LogP contribution in [0.1, 0.15) is 17.8 Å². The maximum absolute atomic E-state index is 13.5. The number of alkyl halides is 2. The van der Waals surface area contributed by atoms with E-state index in [0.717, 1.165) is 6.21 Å². The summed E-state index contributed by atoms with van der Waals surface area (Å²) in [7, 11) is 0. The van der Waals surface area contributed by atoms with Crippen LogP contribution in [-0.4, -0.2) is 21.1 Å². The number of nitrogens with one attached hydrogen (secondary N) is 1. The molecule has 0 unspecified atom stereocenters. The Hall–Kier alpha value is -1.67. The van der Waals surface area contributed by atoms with Gasteiger partial charge in [-0.05, 0) is 24.4 Å². The quantitative estimate of drug-likeness (QED) is 0.696. The van der Waals surface area contributed by atoms with E-state index < -0.39 is 18.1 Å². The average Bonchev–Trinajstić information content (AvgIpc) is 2.70. The van der Waals surface area contributed by atoms with Crippen LogP contribution in [0.4, 0.5) is 13.2 Å². The van der Waals surface area contributed by atoms with Crippen molar-refractivity contribution >= 4 is 30.0 Å². The van der Waals surface area contributed by atoms with Gasteiger partial charge in [-0.25, -0.2) is 18.3 Å². The predicted octanol–water partition coefficient (Wildman–Crippen LogP) is 3.55. The molecule has 0 aliphatic heterocycles. The number of rotatable bonds is 3. The van der Waals surface area contributed by atoms with Crippen LogP contribution >= 0.6 is 23.8 Å². The number of halogens is 4. The third-order valence-corrected chi connectivity index (χ3v) is 2.77. The van der Waals surface area contributed by atoms with Gasteiger partial charge in [-0.3, -0.25) is 0 Å². The van der Waals surface area contributed by atoms with Crippen LogP contribution in [0.5, 0.6) is 0 Å². The first-order valence-corrected chi connectivity index (χ1v) is 5.73. The molecule has 0 aliphatic rings. The highest BCUT2D eigenvalue weighted by atomic mass is 35.5. The summed E-state index contributed by atoms with van der Waals surface area (Å²) < 4.78 is 39.2. The Morgan fingerprint density at radius 3 is 2.84 bits per heavy atom. The minimum absolute atomic E-state index is 0.0208. The Kier molecular flexibility index (Phi) is 4.01. The van der Waals surface area contributed by atoms with Crippen molar-refractivity contribution in [2.45, 2.75) is 6.43 Å². The molecule has 1 heterocycles. The van der Waals surface area contributed by atoms with Crippen molar-refractivity contribution in [1.82, 2.24) is 14.9 Å². The van der Waals surface area contributed by atoms with E-state index >= 15 is 0 Å². The molecule has 4 nitrogen and oxygen atoms in total. The summed E-state index contributed by atoms with van der Waals surface area (Å²) in [6.45, 7) is 0. The van der Waals surface area contributed by atoms with Gasteiger partial charge in [0, 0.05) is 5.56 Å². The highest BCUT2D eigenvalue weighted by Gasteiger charge is 2.16. The van der Waals surface area contributed by atoms with E-state index in [1.54, 1.807) is 0 Å². The third-order valence-electron chi connectivity index (χ3n) is 2.17. The van der Waals surface area contributed by atoms with E-state index in [4.69, 9.17) is 23.8 Å². The standard InChI is InChI=1S/C10H6ClF3N4S/c11-6-2-1-3-7(12)5(6)4-15-18-9(8(13)14)16-17-10(18)19/h1-4,8H,(H,17,19). The van der Waals surface area contributed by atoms with E-state index in [1.807, 2.05) is 0 Å². The molecule has 0 amide bonds. The predicted molar refractivity (Wildman–Crippen MR) is 66.8 cm³/mol. The molecule has 2 rings (SSSR count). The van der Waals surface area contributed by atoms with E-state index in [2.05, 4.69) is 15.3 Å². The zero-order chi connectivity index (χ0) is 14.0. The van der Waals surface area contributed by atoms with E-state index in [0.29, 0.717) is 4.68 Å². The Morgan fingerprint density at radius 1 is 1.47 bits per heavy atom. The summed E-state index contributed by atoms with van der Waals surface area (Å²) in [6, 6.07) is 4.05. The van der Waals surface area contributed by atoms with Gasteiger partial charge < -0.3 is 0 Å². The number of H-pyrrole nitrogens is 1. The Morgan fingerprint density at radius 2 is 2.21 bits per heavy atom. The normalized spacial score (nSPS) is 11.6. The first-order chi connectivity index (χ1) is 9.00. The Bertz CT molecular complexity index is 659. The van der Waals surface area contributed by atoms with Gasteiger partial charge in [-0.15, -0.1) is 0 Å². The van der Waals surface area contributed by atoms with Crippen molar-refractivity contribution in [3.8, 4) is 0 Å². The van der Waals surface area contributed by atoms with E-state index in [-0.39, 0.29) is 15.4 Å². The van der Waals surface area contributed by atoms with Crippen molar-refractivity contribution in [3.63, 3.8) is 0 Å². The van der Waals surface area contributed by atoms with Crippen molar-refractivity contribution < 1.29 is 13.2 Å². The molecule has 0 spiro atoms. The van der Waals surface area contributed by atoms with Gasteiger partial charge in [0.25, 0.3) is 6.43 Å². The zero-order valence-corrected chi connectivity index (χ0v) is 10.7. The number of nitrogens with zero attached hydrogens (tertiary/aromatic N) is 3. The topological polar surface area (TPSA) is 46.0 Å². The molecular weight excluding hydrogens is 301 g/mol. The summed E-state index contributed by atoms with van der Waals surface area (Å²) in [5.41, 5.74) is -0.0208. The lowest BCUT2D eigenvalue weighted by molar-refractivity contribution is 0.136. The van der Waals surface area contributed by atoms with E-state index in [9.17, 15) is 13.2 Å². The number of hydrogen-bond donors (Lipinski definition) is 1. The lowest BCUT2D eigenvalue weighted by Crippen LogP contribution is -2.00. The first-order valence-electron chi connectivity index (χ1n) is 4.94. The minimum atomic E-state index is -2.86. The van der Waals surface area contributed by atoms with Gasteiger partial charge in [-0.2, -0.15) is 14.9 Å². The zero-order valence-electron chi connectivity index (χ0n) is 9.15. The molecule has 0 atom stereocenters. The number of hydrogen-bond acceptors (Lipinski definition) is 3. The maximum Gasteiger partial charge on any atom is 0.299 e. The average molecular weight is 307 g/mol. The van der Waals surface area contributed by atoms with Gasteiger partial charge in [0.05, 0.1) is 11.2 Å². The van der Waals surface area contributed by atoms with Crippen LogP contribution in [0.3, 0.4) is 0 Å². The number of aromatic nitrogens is 3. The third kappa shape index (κ3) is 2.85. The monoisotopic (exact) mass is 306 g/mol. The van der Waals surface area contributed by atoms with Crippen molar-refractivity contribution in [2.24, 2.45) is 5.10 Å². The molecule has 1 N–H and O–H groups in total. The molecule has 0 saturated carbocycles. The van der Waals surface area contributed by atoms with Crippen molar-refractivity contribution in [1.29, 1.82) is 0 Å². The van der Waals surface area contributed by atoms with Crippen LogP contribution < -0.4 is 0 Å². The lowest BCUT2D eigenvalue weighted by atomic mass is 10.2. The van der Waals surface area contributed by atoms with Gasteiger partial charge >= 0.3 is 0 Å². The molecule has 1 aromatic heterocycles. The number of aromatic amines is 1. The van der Waals surface area contributed by atoms with Crippen molar-refractivity contribution in [2.75, 3.05) is 0 Å². The smallest absolute Gasteiger partial charge is 0.250 e. The summed E-state index contributed by atoms with van der Waals surface area (Å²) in [4.78, 5) is 0. The first kappa shape index (κ1) is 13.8. The van der Waals surface area contributed by atoms with Gasteiger partial charge in [0.2, 0.25) is 10.6 Å². The van der Waals surface area contributed by atoms with Crippen LogP contribution in [0, 0.1) is 10.6 Å². The second-order valence-corrected chi connectivity index (χ2v) is 4.17. The molecule has 2 aromatic rings. The maximum atomic E-state index is 13.5. The molecule has 19 heavy (non-hydrogen) atoms. The van der Waals surface area contributed by atoms with Crippen LogP contribution in [0.25, 0.3) is 0 Å². The second-order valence-electron chi connectivity index (χ2n) is 3.38. The minimum Gasteiger partial charge on any atom is -0.250 e. The van der Waals surface area contributed by atoms with Crippen LogP contribution in [-0.2, 0) is 0 Å². The van der Waals surface area contributed by atoms with Crippen LogP contribution in [0.15, 0.2) is 23.3 Å². The SMILES string of the molecule is Fc1cccc(Cl)c1C=Nn1c(C(F)F)n[nH]c1=S. The van der Waals surface area contributed by atoms with Gasteiger partial charge in [-0.1, -0.05) is 17.7 Å². The molecule has 0 radical (unpaired) electrons. The summed E-state index contributed by atoms with van der Waals surface area (Å²) in [6.07, 6.45) is -1.85. The highest BCUT2D eigenvalue weighted by Crippen LogP contribution is 2.18. The number of benzene rings is 1. The highest BCUT2D eigenvalue weighted by molar-refractivity contribution is 7.71.